The second kappa shape index (κ2) is 5.58. The number of hydrazone groups is 1. The van der Waals surface area contributed by atoms with Gasteiger partial charge in [0.05, 0.1) is 24.8 Å². The second-order valence-corrected chi connectivity index (χ2v) is 4.29. The molecule has 0 radical (unpaired) electrons. The van der Waals surface area contributed by atoms with E-state index < -0.39 is 41.5 Å². The lowest BCUT2D eigenvalue weighted by Crippen LogP contribution is -2.40. The number of benzene rings is 1. The molecule has 0 unspecified atom stereocenters. The summed E-state index contributed by atoms with van der Waals surface area (Å²) in [5.74, 6) is -2.74. The van der Waals surface area contributed by atoms with Gasteiger partial charge >= 0.3 is 12.1 Å². The largest absolute Gasteiger partial charge is 0.464 e. The van der Waals surface area contributed by atoms with Crippen molar-refractivity contribution < 1.29 is 32.3 Å². The van der Waals surface area contributed by atoms with Crippen molar-refractivity contribution in [2.45, 2.75) is 12.6 Å². The smallest absolute Gasteiger partial charge is 0.416 e. The van der Waals surface area contributed by atoms with Gasteiger partial charge in [-0.25, -0.2) is 4.79 Å². The molecule has 0 saturated carbocycles. The van der Waals surface area contributed by atoms with E-state index in [4.69, 9.17) is 0 Å². The Hall–Kier alpha value is -2.71. The number of ether oxygens (including phenoxy) is 1. The van der Waals surface area contributed by atoms with Gasteiger partial charge in [0.1, 0.15) is 0 Å². The molecule has 2 rings (SSSR count). The standard InChI is InChI=1S/C13H9F3N2O4/c1-22-12(21)11-9(19)6-10(20)18(17-11)8-4-2-3-7(5-8)13(14,15)16/h2-5H,6H2,1H3. The molecule has 9 heteroatoms. The van der Waals surface area contributed by atoms with Crippen molar-refractivity contribution in [3.05, 3.63) is 29.8 Å². The van der Waals surface area contributed by atoms with E-state index in [0.29, 0.717) is 11.1 Å². The summed E-state index contributed by atoms with van der Waals surface area (Å²) in [5.41, 5.74) is -1.82. The van der Waals surface area contributed by atoms with E-state index in [0.717, 1.165) is 19.2 Å². The Morgan fingerprint density at radius 1 is 1.32 bits per heavy atom. The molecule has 1 aliphatic rings. The van der Waals surface area contributed by atoms with Crippen LogP contribution in [0.2, 0.25) is 0 Å². The minimum atomic E-state index is -4.60. The summed E-state index contributed by atoms with van der Waals surface area (Å²) < 4.78 is 42.4. The Kier molecular flexibility index (Phi) is 3.98. The van der Waals surface area contributed by atoms with Crippen molar-refractivity contribution in [2.24, 2.45) is 5.10 Å². The number of carbonyl (C=O) groups excluding carboxylic acids is 3. The fourth-order valence-corrected chi connectivity index (χ4v) is 1.77. The van der Waals surface area contributed by atoms with E-state index >= 15 is 0 Å². The van der Waals surface area contributed by atoms with Crippen molar-refractivity contribution in [1.82, 2.24) is 0 Å². The highest BCUT2D eigenvalue weighted by Gasteiger charge is 2.35. The number of ketones is 1. The predicted molar refractivity (Wildman–Crippen MR) is 68.0 cm³/mol. The number of anilines is 1. The summed E-state index contributed by atoms with van der Waals surface area (Å²) in [4.78, 5) is 34.7. The monoisotopic (exact) mass is 314 g/mol. The number of alkyl halides is 3. The van der Waals surface area contributed by atoms with Crippen LogP contribution in [0.25, 0.3) is 0 Å². The zero-order valence-electron chi connectivity index (χ0n) is 11.2. The molecule has 0 aliphatic carbocycles. The number of halogens is 3. The number of nitrogens with zero attached hydrogens (tertiary/aromatic N) is 2. The third-order valence-electron chi connectivity index (χ3n) is 2.81. The average molecular weight is 314 g/mol. The SMILES string of the molecule is COC(=O)C1=NN(c2cccc(C(F)(F)F)c2)C(=O)CC1=O. The second-order valence-electron chi connectivity index (χ2n) is 4.29. The molecule has 6 nitrogen and oxygen atoms in total. The highest BCUT2D eigenvalue weighted by atomic mass is 19.4. The summed E-state index contributed by atoms with van der Waals surface area (Å²) >= 11 is 0. The molecule has 0 atom stereocenters. The Morgan fingerprint density at radius 2 is 2.00 bits per heavy atom. The number of methoxy groups -OCH3 is 1. The van der Waals surface area contributed by atoms with Crippen LogP contribution in [0, 0.1) is 0 Å². The number of amides is 1. The van der Waals surface area contributed by atoms with E-state index in [1.54, 1.807) is 0 Å². The van der Waals surface area contributed by atoms with Crippen molar-refractivity contribution in [3.8, 4) is 0 Å². The average Bonchev–Trinajstić information content (AvgIpc) is 2.46. The van der Waals surface area contributed by atoms with E-state index in [-0.39, 0.29) is 5.69 Å². The number of hydrogen-bond acceptors (Lipinski definition) is 5. The number of hydrogen-bond donors (Lipinski definition) is 0. The van der Waals surface area contributed by atoms with Crippen LogP contribution in [0.5, 0.6) is 0 Å². The predicted octanol–water partition coefficient (Wildman–Crippen LogP) is 1.54. The lowest BCUT2D eigenvalue weighted by molar-refractivity contribution is -0.138. The molecule has 116 valence electrons. The quantitative estimate of drug-likeness (QED) is 0.613. The fraction of sp³-hybridized carbons (Fsp3) is 0.231. The lowest BCUT2D eigenvalue weighted by atomic mass is 10.1. The molecule has 1 aromatic rings. The van der Waals surface area contributed by atoms with Crippen LogP contribution in [-0.4, -0.2) is 30.5 Å². The summed E-state index contributed by atoms with van der Waals surface area (Å²) in [6.45, 7) is 0. The molecule has 1 heterocycles. The van der Waals surface area contributed by atoms with E-state index in [9.17, 15) is 27.6 Å². The summed E-state index contributed by atoms with van der Waals surface area (Å²) in [7, 11) is 1.02. The molecule has 0 spiro atoms. The van der Waals surface area contributed by atoms with E-state index in [1.807, 2.05) is 0 Å². The van der Waals surface area contributed by atoms with E-state index in [2.05, 4.69) is 9.84 Å². The highest BCUT2D eigenvalue weighted by molar-refractivity contribution is 6.66. The Labute approximate surface area is 122 Å². The molecular weight excluding hydrogens is 305 g/mol. The van der Waals surface area contributed by atoms with Crippen LogP contribution in [0.1, 0.15) is 12.0 Å². The van der Waals surface area contributed by atoms with Crippen LogP contribution in [0.3, 0.4) is 0 Å². The molecule has 1 aliphatic heterocycles. The molecule has 0 N–H and O–H groups in total. The van der Waals surface area contributed by atoms with Gasteiger partial charge in [0.2, 0.25) is 5.71 Å². The fourth-order valence-electron chi connectivity index (χ4n) is 1.77. The molecule has 0 aromatic heterocycles. The van der Waals surface area contributed by atoms with Gasteiger partial charge in [0.25, 0.3) is 5.91 Å². The normalized spacial score (nSPS) is 15.6. The minimum Gasteiger partial charge on any atom is -0.464 e. The first kappa shape index (κ1) is 15.7. The van der Waals surface area contributed by atoms with Crippen LogP contribution in [0.4, 0.5) is 18.9 Å². The number of carbonyl (C=O) groups is 3. The number of esters is 1. The van der Waals surface area contributed by atoms with Crippen LogP contribution >= 0.6 is 0 Å². The Bertz CT molecular complexity index is 682. The van der Waals surface area contributed by atoms with Gasteiger partial charge in [0, 0.05) is 0 Å². The third kappa shape index (κ3) is 2.97. The van der Waals surface area contributed by atoms with Gasteiger partial charge < -0.3 is 4.74 Å². The highest BCUT2D eigenvalue weighted by Crippen LogP contribution is 2.32. The van der Waals surface area contributed by atoms with Crippen molar-refractivity contribution in [2.75, 3.05) is 12.1 Å². The summed E-state index contributed by atoms with van der Waals surface area (Å²) in [5, 5.41) is 4.10. The maximum atomic E-state index is 12.7. The van der Waals surface area contributed by atoms with Crippen molar-refractivity contribution in [1.29, 1.82) is 0 Å². The number of Topliss-reactive ketones (excluding diaryl/α,β-unsaturated/α-hetero) is 1. The molecule has 1 aromatic carbocycles. The third-order valence-corrected chi connectivity index (χ3v) is 2.81. The van der Waals surface area contributed by atoms with E-state index in [1.165, 1.54) is 6.07 Å². The topological polar surface area (TPSA) is 76.0 Å². The molecule has 0 saturated heterocycles. The zero-order valence-corrected chi connectivity index (χ0v) is 11.2. The molecule has 1 amide bonds. The molecule has 0 fully saturated rings. The summed E-state index contributed by atoms with van der Waals surface area (Å²) in [6, 6.07) is 3.83. The molecule has 22 heavy (non-hydrogen) atoms. The Morgan fingerprint density at radius 3 is 2.59 bits per heavy atom. The van der Waals surface area contributed by atoms with Crippen LogP contribution < -0.4 is 5.01 Å². The minimum absolute atomic E-state index is 0.200. The first-order valence-electron chi connectivity index (χ1n) is 5.94. The first-order chi connectivity index (χ1) is 10.2. The van der Waals surface area contributed by atoms with Gasteiger partial charge in [-0.3, -0.25) is 9.59 Å². The van der Waals surface area contributed by atoms with Crippen molar-refractivity contribution >= 4 is 29.1 Å². The first-order valence-corrected chi connectivity index (χ1v) is 5.94. The Balaban J connectivity index is 2.46. The number of rotatable bonds is 2. The molecular formula is C13H9F3N2O4. The maximum Gasteiger partial charge on any atom is 0.416 e. The van der Waals surface area contributed by atoms with Gasteiger partial charge in [0.15, 0.2) is 5.78 Å². The van der Waals surface area contributed by atoms with Gasteiger partial charge in [-0.05, 0) is 18.2 Å². The zero-order chi connectivity index (χ0) is 16.5. The van der Waals surface area contributed by atoms with Crippen LogP contribution in [0.15, 0.2) is 29.4 Å². The van der Waals surface area contributed by atoms with Gasteiger partial charge in [-0.15, -0.1) is 0 Å². The molecule has 0 bridgehead atoms. The van der Waals surface area contributed by atoms with Crippen molar-refractivity contribution in [3.63, 3.8) is 0 Å². The summed E-state index contributed by atoms with van der Waals surface area (Å²) in [6.07, 6.45) is -5.27. The van der Waals surface area contributed by atoms with Gasteiger partial charge in [-0.1, -0.05) is 6.07 Å². The maximum absolute atomic E-state index is 12.7. The van der Waals surface area contributed by atoms with Crippen LogP contribution in [-0.2, 0) is 25.3 Å². The lowest BCUT2D eigenvalue weighted by Gasteiger charge is -2.22. The van der Waals surface area contributed by atoms with Gasteiger partial charge in [-0.2, -0.15) is 23.3 Å².